The number of aromatic nitrogens is 2. The number of para-hydroxylation sites is 1. The van der Waals surface area contributed by atoms with Crippen LogP contribution in [0.15, 0.2) is 58.5 Å². The molecule has 2 amide bonds. The Morgan fingerprint density at radius 3 is 2.55 bits per heavy atom. The molecule has 0 unspecified atom stereocenters. The molecule has 1 heterocycles. The van der Waals surface area contributed by atoms with E-state index in [1.165, 1.54) is 10.1 Å². The number of nitrogens with one attached hydrogen (secondary N) is 1. The van der Waals surface area contributed by atoms with Gasteiger partial charge in [-0.05, 0) is 49.6 Å². The smallest absolute Gasteiger partial charge is 0.413 e. The standard InChI is InChI=1S/C23H25N3O4S/c1-3-5-8-16-11-13-17(14-12-16)26-21(28)18-9-6-7-10-19(18)24-22(26)31-15-20(27)25-23(29)30-4-2/h6-7,9-14H,3-5,8,15H2,1-2H3,(H,25,27,29). The third-order valence-electron chi connectivity index (χ3n) is 4.61. The van der Waals surface area contributed by atoms with Crippen molar-refractivity contribution >= 4 is 34.7 Å². The number of unbranched alkanes of at least 4 members (excludes halogenated alkanes) is 1. The molecule has 1 aromatic heterocycles. The fraction of sp³-hybridized carbons (Fsp3) is 0.304. The van der Waals surface area contributed by atoms with Gasteiger partial charge in [-0.1, -0.05) is 49.4 Å². The molecule has 0 radical (unpaired) electrons. The average Bonchev–Trinajstić information content (AvgIpc) is 2.77. The first-order chi connectivity index (χ1) is 15.0. The molecule has 7 nitrogen and oxygen atoms in total. The molecule has 0 bridgehead atoms. The van der Waals surface area contributed by atoms with Gasteiger partial charge in [-0.2, -0.15) is 0 Å². The molecule has 2 aromatic carbocycles. The molecule has 1 N–H and O–H groups in total. The molecule has 0 aliphatic rings. The van der Waals surface area contributed by atoms with Crippen molar-refractivity contribution in [1.29, 1.82) is 0 Å². The molecule has 8 heteroatoms. The summed E-state index contributed by atoms with van der Waals surface area (Å²) in [4.78, 5) is 41.4. The highest BCUT2D eigenvalue weighted by Gasteiger charge is 2.16. The van der Waals surface area contributed by atoms with Gasteiger partial charge in [-0.15, -0.1) is 0 Å². The van der Waals surface area contributed by atoms with Crippen molar-refractivity contribution in [3.8, 4) is 5.69 Å². The predicted octanol–water partition coefficient (Wildman–Crippen LogP) is 4.09. The molecular weight excluding hydrogens is 414 g/mol. The fourth-order valence-electron chi connectivity index (χ4n) is 3.08. The third-order valence-corrected chi connectivity index (χ3v) is 5.55. The van der Waals surface area contributed by atoms with E-state index in [0.717, 1.165) is 31.0 Å². The lowest BCUT2D eigenvalue weighted by molar-refractivity contribution is -0.117. The van der Waals surface area contributed by atoms with Crippen LogP contribution < -0.4 is 10.9 Å². The number of nitrogens with zero attached hydrogens (tertiary/aromatic N) is 2. The van der Waals surface area contributed by atoms with Crippen LogP contribution >= 0.6 is 11.8 Å². The summed E-state index contributed by atoms with van der Waals surface area (Å²) in [5.74, 6) is -0.606. The van der Waals surface area contributed by atoms with Crippen LogP contribution in [0.2, 0.25) is 0 Å². The average molecular weight is 440 g/mol. The molecular formula is C23H25N3O4S. The number of hydrogen-bond donors (Lipinski definition) is 1. The van der Waals surface area contributed by atoms with Crippen molar-refractivity contribution in [3.05, 3.63) is 64.4 Å². The van der Waals surface area contributed by atoms with E-state index >= 15 is 0 Å². The Morgan fingerprint density at radius 2 is 1.84 bits per heavy atom. The lowest BCUT2D eigenvalue weighted by Crippen LogP contribution is -2.32. The first-order valence-corrected chi connectivity index (χ1v) is 11.2. The fourth-order valence-corrected chi connectivity index (χ4v) is 3.89. The minimum Gasteiger partial charge on any atom is -0.450 e. The van der Waals surface area contributed by atoms with E-state index in [4.69, 9.17) is 4.74 Å². The number of alkyl carbamates (subject to hydrolysis) is 1. The largest absolute Gasteiger partial charge is 0.450 e. The predicted molar refractivity (Wildman–Crippen MR) is 122 cm³/mol. The van der Waals surface area contributed by atoms with Gasteiger partial charge in [0.25, 0.3) is 5.56 Å². The quantitative estimate of drug-likeness (QED) is 0.420. The Kier molecular flexibility index (Phi) is 7.83. The Balaban J connectivity index is 1.93. The number of rotatable bonds is 8. The number of thioether (sulfide) groups is 1. The minimum absolute atomic E-state index is 0.0851. The monoisotopic (exact) mass is 439 g/mol. The molecule has 0 fully saturated rings. The van der Waals surface area contributed by atoms with Gasteiger partial charge >= 0.3 is 6.09 Å². The zero-order valence-electron chi connectivity index (χ0n) is 17.6. The summed E-state index contributed by atoms with van der Waals surface area (Å²) in [5, 5.41) is 3.03. The number of hydrogen-bond acceptors (Lipinski definition) is 6. The van der Waals surface area contributed by atoms with Crippen molar-refractivity contribution < 1.29 is 14.3 Å². The highest BCUT2D eigenvalue weighted by Crippen LogP contribution is 2.22. The highest BCUT2D eigenvalue weighted by atomic mass is 32.2. The first kappa shape index (κ1) is 22.6. The van der Waals surface area contributed by atoms with Crippen LogP contribution in [0.25, 0.3) is 16.6 Å². The molecule has 31 heavy (non-hydrogen) atoms. The second kappa shape index (κ2) is 10.8. The van der Waals surface area contributed by atoms with Crippen LogP contribution in [0.3, 0.4) is 0 Å². The number of benzene rings is 2. The highest BCUT2D eigenvalue weighted by molar-refractivity contribution is 7.99. The minimum atomic E-state index is -0.792. The molecule has 3 aromatic rings. The Hall–Kier alpha value is -3.13. The van der Waals surface area contributed by atoms with Crippen molar-refractivity contribution in [2.24, 2.45) is 0 Å². The summed E-state index contributed by atoms with van der Waals surface area (Å²) in [6, 6.07) is 14.9. The number of fused-ring (bicyclic) bond motifs is 1. The van der Waals surface area contributed by atoms with Crippen LogP contribution in [0.5, 0.6) is 0 Å². The molecule has 0 saturated heterocycles. The van der Waals surface area contributed by atoms with Crippen molar-refractivity contribution in [2.45, 2.75) is 38.3 Å². The number of ether oxygens (including phenoxy) is 1. The van der Waals surface area contributed by atoms with Gasteiger partial charge in [0.05, 0.1) is 29.0 Å². The van der Waals surface area contributed by atoms with E-state index in [1.807, 2.05) is 30.3 Å². The Labute approximate surface area is 184 Å². The lowest BCUT2D eigenvalue weighted by Gasteiger charge is -2.13. The van der Waals surface area contributed by atoms with Crippen molar-refractivity contribution in [2.75, 3.05) is 12.4 Å². The van der Waals surface area contributed by atoms with Crippen LogP contribution in [0.4, 0.5) is 4.79 Å². The summed E-state index contributed by atoms with van der Waals surface area (Å²) >= 11 is 1.09. The van der Waals surface area contributed by atoms with E-state index in [1.54, 1.807) is 25.1 Å². The molecule has 0 atom stereocenters. The summed E-state index contributed by atoms with van der Waals surface area (Å²) in [5.41, 5.74) is 2.23. The SMILES string of the molecule is CCCCc1ccc(-n2c(SCC(=O)NC(=O)OCC)nc3ccccc3c2=O)cc1. The number of carbonyl (C=O) groups excluding carboxylic acids is 2. The van der Waals surface area contributed by atoms with E-state index < -0.39 is 12.0 Å². The molecule has 3 rings (SSSR count). The van der Waals surface area contributed by atoms with Gasteiger partial charge in [-0.25, -0.2) is 9.78 Å². The lowest BCUT2D eigenvalue weighted by atomic mass is 10.1. The van der Waals surface area contributed by atoms with E-state index in [9.17, 15) is 14.4 Å². The van der Waals surface area contributed by atoms with Gasteiger partial charge in [0, 0.05) is 0 Å². The van der Waals surface area contributed by atoms with Crippen LogP contribution in [-0.2, 0) is 16.0 Å². The van der Waals surface area contributed by atoms with Gasteiger partial charge in [0.15, 0.2) is 5.16 Å². The zero-order valence-corrected chi connectivity index (χ0v) is 18.4. The zero-order chi connectivity index (χ0) is 22.2. The maximum Gasteiger partial charge on any atom is 0.413 e. The first-order valence-electron chi connectivity index (χ1n) is 10.2. The second-order valence-electron chi connectivity index (χ2n) is 6.88. The number of carbonyl (C=O) groups is 2. The Morgan fingerprint density at radius 1 is 1.10 bits per heavy atom. The van der Waals surface area contributed by atoms with E-state index in [0.29, 0.717) is 21.7 Å². The Bertz CT molecular complexity index is 1130. The maximum absolute atomic E-state index is 13.2. The summed E-state index contributed by atoms with van der Waals surface area (Å²) in [6.07, 6.45) is 2.41. The third kappa shape index (κ3) is 5.73. The number of amides is 2. The topological polar surface area (TPSA) is 90.3 Å². The molecule has 0 spiro atoms. The second-order valence-corrected chi connectivity index (χ2v) is 7.82. The summed E-state index contributed by atoms with van der Waals surface area (Å²) in [6.45, 7) is 3.98. The summed E-state index contributed by atoms with van der Waals surface area (Å²) < 4.78 is 6.23. The molecule has 162 valence electrons. The molecule has 0 aliphatic carbocycles. The van der Waals surface area contributed by atoms with Crippen molar-refractivity contribution in [1.82, 2.24) is 14.9 Å². The van der Waals surface area contributed by atoms with Gasteiger partial charge in [-0.3, -0.25) is 19.5 Å². The number of aryl methyl sites for hydroxylation is 1. The van der Waals surface area contributed by atoms with E-state index in [2.05, 4.69) is 17.2 Å². The van der Waals surface area contributed by atoms with Crippen LogP contribution in [0.1, 0.15) is 32.3 Å². The van der Waals surface area contributed by atoms with E-state index in [-0.39, 0.29) is 17.9 Å². The molecule has 0 saturated carbocycles. The van der Waals surface area contributed by atoms with Gasteiger partial charge in [0.2, 0.25) is 5.91 Å². The number of imide groups is 1. The van der Waals surface area contributed by atoms with Crippen LogP contribution in [-0.4, -0.2) is 33.9 Å². The molecule has 0 aliphatic heterocycles. The normalized spacial score (nSPS) is 10.8. The summed E-state index contributed by atoms with van der Waals surface area (Å²) in [7, 11) is 0. The maximum atomic E-state index is 13.2. The van der Waals surface area contributed by atoms with Gasteiger partial charge < -0.3 is 4.74 Å². The van der Waals surface area contributed by atoms with Gasteiger partial charge in [0.1, 0.15) is 0 Å². The van der Waals surface area contributed by atoms with Crippen LogP contribution in [0, 0.1) is 0 Å². The van der Waals surface area contributed by atoms with Crippen molar-refractivity contribution in [3.63, 3.8) is 0 Å².